The van der Waals surface area contributed by atoms with Gasteiger partial charge in [-0.2, -0.15) is 0 Å². The van der Waals surface area contributed by atoms with Gasteiger partial charge in [-0.05, 0) is 25.5 Å². The average Bonchev–Trinajstić information content (AvgIpc) is 2.37. The lowest BCUT2D eigenvalue weighted by atomic mass is 10.0. The minimum Gasteiger partial charge on any atom is -0.466 e. The van der Waals surface area contributed by atoms with E-state index in [1.54, 1.807) is 24.3 Å². The zero-order valence-electron chi connectivity index (χ0n) is 10.4. The quantitative estimate of drug-likeness (QED) is 0.792. The smallest absolute Gasteiger partial charge is 0.278 e. The third-order valence-corrected chi connectivity index (χ3v) is 2.85. The molecule has 0 spiro atoms. The van der Waals surface area contributed by atoms with Crippen LogP contribution in [0.2, 0.25) is 0 Å². The molecule has 1 atom stereocenters. The first-order valence-electron chi connectivity index (χ1n) is 5.95. The fraction of sp³-hybridized carbons (Fsp3) is 0.385. The number of hydrogen-bond donors (Lipinski definition) is 2. The molecule has 96 valence electrons. The molecule has 2 N–H and O–H groups in total. The lowest BCUT2D eigenvalue weighted by Gasteiger charge is -2.33. The van der Waals surface area contributed by atoms with Gasteiger partial charge in [0, 0.05) is 6.54 Å². The van der Waals surface area contributed by atoms with Crippen molar-refractivity contribution in [2.24, 2.45) is 0 Å². The Hall–Kier alpha value is -2.04. The number of amides is 2. The van der Waals surface area contributed by atoms with E-state index in [1.165, 1.54) is 6.92 Å². The Labute approximate surface area is 106 Å². The molecule has 18 heavy (non-hydrogen) atoms. The second kappa shape index (κ2) is 4.68. The monoisotopic (exact) mass is 248 g/mol. The summed E-state index contributed by atoms with van der Waals surface area (Å²) < 4.78 is 5.57. The zero-order valence-corrected chi connectivity index (χ0v) is 10.4. The summed E-state index contributed by atoms with van der Waals surface area (Å²) in [6.45, 7) is 3.94. The Kier molecular flexibility index (Phi) is 3.23. The molecule has 1 aromatic rings. The van der Waals surface area contributed by atoms with E-state index in [9.17, 15) is 9.59 Å². The topological polar surface area (TPSA) is 67.4 Å². The molecule has 1 heterocycles. The summed E-state index contributed by atoms with van der Waals surface area (Å²) in [5.74, 6) is -0.364. The number of rotatable bonds is 3. The SMILES string of the molecule is CCCNC(=O)C1(C)Oc2ccccc2NC1=O. The summed E-state index contributed by atoms with van der Waals surface area (Å²) in [7, 11) is 0. The molecule has 0 aliphatic carbocycles. The first-order chi connectivity index (χ1) is 8.58. The summed E-state index contributed by atoms with van der Waals surface area (Å²) in [6.07, 6.45) is 0.806. The minimum atomic E-state index is -1.51. The normalized spacial score (nSPS) is 21.6. The molecular formula is C13H16N2O3. The largest absolute Gasteiger partial charge is 0.466 e. The molecule has 5 heteroatoms. The third kappa shape index (κ3) is 2.03. The maximum Gasteiger partial charge on any atom is 0.278 e. The van der Waals surface area contributed by atoms with Crippen molar-refractivity contribution in [3.8, 4) is 5.75 Å². The van der Waals surface area contributed by atoms with Crippen LogP contribution in [0.3, 0.4) is 0 Å². The van der Waals surface area contributed by atoms with Crippen molar-refractivity contribution in [3.05, 3.63) is 24.3 Å². The average molecular weight is 248 g/mol. The number of ether oxygens (including phenoxy) is 1. The van der Waals surface area contributed by atoms with Gasteiger partial charge in [-0.25, -0.2) is 0 Å². The first-order valence-corrected chi connectivity index (χ1v) is 5.95. The number of carbonyl (C=O) groups excluding carboxylic acids is 2. The number of anilines is 1. The maximum absolute atomic E-state index is 12.0. The Morgan fingerprint density at radius 2 is 2.17 bits per heavy atom. The van der Waals surface area contributed by atoms with E-state index in [-0.39, 0.29) is 0 Å². The second-order valence-electron chi connectivity index (χ2n) is 4.34. The first kappa shape index (κ1) is 12.4. The molecule has 5 nitrogen and oxygen atoms in total. The molecule has 1 unspecified atom stereocenters. The van der Waals surface area contributed by atoms with Crippen LogP contribution < -0.4 is 15.4 Å². The van der Waals surface area contributed by atoms with Crippen molar-refractivity contribution in [1.29, 1.82) is 0 Å². The number of fused-ring (bicyclic) bond motifs is 1. The molecule has 0 radical (unpaired) electrons. The summed E-state index contributed by atoms with van der Waals surface area (Å²) >= 11 is 0. The Morgan fingerprint density at radius 3 is 2.89 bits per heavy atom. The summed E-state index contributed by atoms with van der Waals surface area (Å²) in [4.78, 5) is 24.0. The van der Waals surface area contributed by atoms with Gasteiger partial charge in [-0.3, -0.25) is 9.59 Å². The van der Waals surface area contributed by atoms with E-state index < -0.39 is 17.4 Å². The molecule has 2 rings (SSSR count). The summed E-state index contributed by atoms with van der Waals surface area (Å²) in [5, 5.41) is 5.36. The molecule has 0 saturated heterocycles. The maximum atomic E-state index is 12.0. The van der Waals surface area contributed by atoms with E-state index in [0.717, 1.165) is 6.42 Å². The highest BCUT2D eigenvalue weighted by atomic mass is 16.5. The van der Waals surface area contributed by atoms with Crippen LogP contribution in [0, 0.1) is 0 Å². The van der Waals surface area contributed by atoms with Crippen LogP contribution in [0.1, 0.15) is 20.3 Å². The molecule has 2 amide bonds. The fourth-order valence-corrected chi connectivity index (χ4v) is 1.72. The van der Waals surface area contributed by atoms with Crippen molar-refractivity contribution in [3.63, 3.8) is 0 Å². The van der Waals surface area contributed by atoms with Gasteiger partial charge in [0.1, 0.15) is 5.75 Å². The second-order valence-corrected chi connectivity index (χ2v) is 4.34. The number of nitrogens with one attached hydrogen (secondary N) is 2. The van der Waals surface area contributed by atoms with E-state index in [1.807, 2.05) is 6.92 Å². The molecule has 0 saturated carbocycles. The van der Waals surface area contributed by atoms with E-state index >= 15 is 0 Å². The van der Waals surface area contributed by atoms with Crippen LogP contribution in [-0.4, -0.2) is 24.0 Å². The molecular weight excluding hydrogens is 232 g/mol. The van der Waals surface area contributed by atoms with Gasteiger partial charge in [0.05, 0.1) is 5.69 Å². The third-order valence-electron chi connectivity index (χ3n) is 2.85. The predicted molar refractivity (Wildman–Crippen MR) is 67.4 cm³/mol. The zero-order chi connectivity index (χ0) is 13.2. The van der Waals surface area contributed by atoms with E-state index in [4.69, 9.17) is 4.74 Å². The predicted octanol–water partition coefficient (Wildman–Crippen LogP) is 1.30. The number of para-hydroxylation sites is 2. The van der Waals surface area contributed by atoms with Gasteiger partial charge < -0.3 is 15.4 Å². The van der Waals surface area contributed by atoms with Gasteiger partial charge in [-0.1, -0.05) is 19.1 Å². The van der Waals surface area contributed by atoms with Crippen LogP contribution in [0.25, 0.3) is 0 Å². The molecule has 1 aliphatic rings. The molecule has 0 aromatic heterocycles. The van der Waals surface area contributed by atoms with Gasteiger partial charge in [0.2, 0.25) is 0 Å². The van der Waals surface area contributed by atoms with Crippen LogP contribution in [0.4, 0.5) is 5.69 Å². The molecule has 1 aliphatic heterocycles. The Morgan fingerprint density at radius 1 is 1.44 bits per heavy atom. The van der Waals surface area contributed by atoms with Crippen molar-refractivity contribution >= 4 is 17.5 Å². The highest BCUT2D eigenvalue weighted by molar-refractivity contribution is 6.15. The van der Waals surface area contributed by atoms with E-state index in [2.05, 4.69) is 10.6 Å². The van der Waals surface area contributed by atoms with Crippen molar-refractivity contribution < 1.29 is 14.3 Å². The van der Waals surface area contributed by atoms with Gasteiger partial charge in [0.15, 0.2) is 0 Å². The number of hydrogen-bond acceptors (Lipinski definition) is 3. The molecule has 0 bridgehead atoms. The van der Waals surface area contributed by atoms with Gasteiger partial charge in [-0.15, -0.1) is 0 Å². The van der Waals surface area contributed by atoms with Crippen molar-refractivity contribution in [2.75, 3.05) is 11.9 Å². The molecule has 1 aromatic carbocycles. The Bertz CT molecular complexity index is 487. The summed E-state index contributed by atoms with van der Waals surface area (Å²) in [5.41, 5.74) is -0.924. The van der Waals surface area contributed by atoms with Crippen LogP contribution in [0.15, 0.2) is 24.3 Å². The standard InChI is InChI=1S/C13H16N2O3/c1-3-8-14-11(16)13(2)12(17)15-9-6-4-5-7-10(9)18-13/h4-7H,3,8H2,1-2H3,(H,14,16)(H,15,17). The lowest BCUT2D eigenvalue weighted by molar-refractivity contribution is -0.146. The number of carbonyl (C=O) groups is 2. The highest BCUT2D eigenvalue weighted by Gasteiger charge is 2.46. The lowest BCUT2D eigenvalue weighted by Crippen LogP contribution is -2.58. The van der Waals surface area contributed by atoms with Crippen molar-refractivity contribution in [2.45, 2.75) is 25.9 Å². The van der Waals surface area contributed by atoms with E-state index in [0.29, 0.717) is 18.0 Å². The van der Waals surface area contributed by atoms with Gasteiger partial charge >= 0.3 is 0 Å². The minimum absolute atomic E-state index is 0.420. The number of benzene rings is 1. The Balaban J connectivity index is 2.25. The molecule has 0 fully saturated rings. The van der Waals surface area contributed by atoms with Crippen LogP contribution in [0.5, 0.6) is 5.75 Å². The van der Waals surface area contributed by atoms with Crippen LogP contribution in [-0.2, 0) is 9.59 Å². The van der Waals surface area contributed by atoms with Crippen LogP contribution >= 0.6 is 0 Å². The fourth-order valence-electron chi connectivity index (χ4n) is 1.72. The van der Waals surface area contributed by atoms with Gasteiger partial charge in [0.25, 0.3) is 17.4 Å². The van der Waals surface area contributed by atoms with Crippen molar-refractivity contribution in [1.82, 2.24) is 5.32 Å². The highest BCUT2D eigenvalue weighted by Crippen LogP contribution is 2.33. The summed E-state index contributed by atoms with van der Waals surface area (Å²) in [6, 6.07) is 7.04.